The summed E-state index contributed by atoms with van der Waals surface area (Å²) in [5.74, 6) is -11.0. The van der Waals surface area contributed by atoms with E-state index in [0.29, 0.717) is 0 Å². The topological polar surface area (TPSA) is 241 Å². The molecule has 0 atom stereocenters. The van der Waals surface area contributed by atoms with Crippen LogP contribution in [0, 0.1) is 0 Å². The van der Waals surface area contributed by atoms with Gasteiger partial charge in [-0.25, -0.2) is 0 Å². The molecule has 0 aliphatic carbocycles. The molecule has 0 bridgehead atoms. The fraction of sp³-hybridized carbons (Fsp3) is 0. The molecule has 0 spiro atoms. The normalized spacial score (nSPS) is 8.73. The zero-order valence-corrected chi connectivity index (χ0v) is 18.7. The molecule has 0 unspecified atom stereocenters. The van der Waals surface area contributed by atoms with Crippen LogP contribution in [0.15, 0.2) is 36.4 Å². The van der Waals surface area contributed by atoms with Crippen LogP contribution in [0.5, 0.6) is 0 Å². The summed E-state index contributed by atoms with van der Waals surface area (Å²) in [6.45, 7) is 0. The first-order chi connectivity index (χ1) is 13.9. The average molecular weight is 582 g/mol. The van der Waals surface area contributed by atoms with E-state index in [1.807, 2.05) is 0 Å². The van der Waals surface area contributed by atoms with E-state index in [1.165, 1.54) is 0 Å². The minimum absolute atomic E-state index is 0. The van der Waals surface area contributed by atoms with Crippen molar-refractivity contribution in [1.82, 2.24) is 0 Å². The summed E-state index contributed by atoms with van der Waals surface area (Å²) in [4.78, 5) is 63.1. The van der Waals surface area contributed by atoms with Crippen molar-refractivity contribution in [1.29, 1.82) is 0 Å². The van der Waals surface area contributed by atoms with Gasteiger partial charge in [-0.1, -0.05) is 36.4 Å². The standard InChI is InChI=1S/2C9H6O6.3Fe/c2*10-7(11)4-2-1-3-5(8(12)13)6(4)9(14)15;;;/h2*1-3H,(H,10,11)(H,12,13)(H,14,15);;;/q;;3*+2/p-6. The number of hydrogen-bond acceptors (Lipinski definition) is 12. The molecule has 33 heavy (non-hydrogen) atoms. The number of carboxylic acids is 6. The molecule has 0 N–H and O–H groups in total. The van der Waals surface area contributed by atoms with Crippen molar-refractivity contribution in [2.24, 2.45) is 0 Å². The minimum atomic E-state index is -1.91. The predicted octanol–water partition coefficient (Wildman–Crippen LogP) is -6.45. The number of carbonyl (C=O) groups is 6. The van der Waals surface area contributed by atoms with E-state index < -0.39 is 69.2 Å². The second kappa shape index (κ2) is 14.8. The monoisotopic (exact) mass is 582 g/mol. The van der Waals surface area contributed by atoms with Crippen LogP contribution in [0.2, 0.25) is 0 Å². The second-order valence-electron chi connectivity index (χ2n) is 5.18. The van der Waals surface area contributed by atoms with E-state index in [1.54, 1.807) is 0 Å². The molecule has 0 amide bonds. The number of rotatable bonds is 6. The molecule has 174 valence electrons. The molecule has 0 saturated heterocycles. The number of carboxylic acid groups (broad SMARTS) is 6. The molecular formula is C18H6Fe3O12. The van der Waals surface area contributed by atoms with Gasteiger partial charge in [0.25, 0.3) is 0 Å². The second-order valence-corrected chi connectivity index (χ2v) is 5.18. The SMILES string of the molecule is O=C([O-])c1cccc(C(=O)[O-])c1C(=O)[O-].O=C([O-])c1cccc(C(=O)[O-])c1C(=O)[O-].[Fe+2].[Fe+2].[Fe+2]. The molecule has 0 aromatic heterocycles. The van der Waals surface area contributed by atoms with E-state index in [2.05, 4.69) is 0 Å². The van der Waals surface area contributed by atoms with Crippen LogP contribution in [0.25, 0.3) is 0 Å². The Bertz CT molecular complexity index is 931. The smallest absolute Gasteiger partial charge is 0.545 e. The van der Waals surface area contributed by atoms with Crippen LogP contribution >= 0.6 is 0 Å². The zero-order chi connectivity index (χ0) is 23.2. The van der Waals surface area contributed by atoms with Gasteiger partial charge in [-0.05, 0) is 0 Å². The summed E-state index contributed by atoms with van der Waals surface area (Å²) in [6, 6.07) is 5.78. The molecule has 0 fully saturated rings. The third-order valence-corrected chi connectivity index (χ3v) is 3.42. The molecule has 0 saturated carbocycles. The largest absolute Gasteiger partial charge is 2.00 e. The van der Waals surface area contributed by atoms with E-state index in [0.717, 1.165) is 36.4 Å². The third kappa shape index (κ3) is 8.70. The molecule has 0 aliphatic rings. The summed E-state index contributed by atoms with van der Waals surface area (Å²) in [6.07, 6.45) is 0. The van der Waals surface area contributed by atoms with E-state index in [4.69, 9.17) is 0 Å². The summed E-state index contributed by atoms with van der Waals surface area (Å²) < 4.78 is 0. The van der Waals surface area contributed by atoms with Crippen LogP contribution in [-0.2, 0) is 51.2 Å². The van der Waals surface area contributed by atoms with Crippen LogP contribution in [0.3, 0.4) is 0 Å². The maximum Gasteiger partial charge on any atom is 2.00 e. The Morgan fingerprint density at radius 1 is 0.394 bits per heavy atom. The maximum absolute atomic E-state index is 10.6. The van der Waals surface area contributed by atoms with Gasteiger partial charge in [-0.2, -0.15) is 0 Å². The van der Waals surface area contributed by atoms with Crippen molar-refractivity contribution < 1.29 is 111 Å². The fourth-order valence-corrected chi connectivity index (χ4v) is 2.22. The van der Waals surface area contributed by atoms with Gasteiger partial charge in [0.05, 0.1) is 35.8 Å². The van der Waals surface area contributed by atoms with E-state index >= 15 is 0 Å². The van der Waals surface area contributed by atoms with Crippen LogP contribution in [0.1, 0.15) is 62.1 Å². The van der Waals surface area contributed by atoms with E-state index in [-0.39, 0.29) is 51.2 Å². The van der Waals surface area contributed by atoms with Gasteiger partial charge in [0, 0.05) is 33.4 Å². The van der Waals surface area contributed by atoms with Crippen molar-refractivity contribution in [2.45, 2.75) is 0 Å². The van der Waals surface area contributed by atoms with Gasteiger partial charge in [-0.3, -0.25) is 0 Å². The van der Waals surface area contributed by atoms with Gasteiger partial charge in [0.15, 0.2) is 0 Å². The number of carbonyl (C=O) groups excluding carboxylic acids is 6. The predicted molar refractivity (Wildman–Crippen MR) is 78.9 cm³/mol. The summed E-state index contributed by atoms with van der Waals surface area (Å²) in [5.41, 5.74) is -4.91. The first-order valence-corrected chi connectivity index (χ1v) is 7.44. The molecule has 2 rings (SSSR count). The number of aromatic carboxylic acids is 6. The van der Waals surface area contributed by atoms with Gasteiger partial charge >= 0.3 is 51.2 Å². The van der Waals surface area contributed by atoms with Gasteiger partial charge in [0.1, 0.15) is 0 Å². The van der Waals surface area contributed by atoms with Crippen molar-refractivity contribution in [3.05, 3.63) is 69.8 Å². The summed E-state index contributed by atoms with van der Waals surface area (Å²) in [5, 5.41) is 63.1. The van der Waals surface area contributed by atoms with Crippen LogP contribution in [-0.4, -0.2) is 35.8 Å². The Morgan fingerprint density at radius 3 is 0.697 bits per heavy atom. The molecule has 0 aliphatic heterocycles. The van der Waals surface area contributed by atoms with Crippen molar-refractivity contribution in [3.8, 4) is 0 Å². The van der Waals surface area contributed by atoms with Crippen molar-refractivity contribution in [3.63, 3.8) is 0 Å². The van der Waals surface area contributed by atoms with Gasteiger partial charge in [-0.15, -0.1) is 0 Å². The van der Waals surface area contributed by atoms with Gasteiger partial charge in [0.2, 0.25) is 0 Å². The molecule has 0 heterocycles. The minimum Gasteiger partial charge on any atom is -0.545 e. The summed E-state index contributed by atoms with van der Waals surface area (Å²) in [7, 11) is 0. The summed E-state index contributed by atoms with van der Waals surface area (Å²) >= 11 is 0. The Hall–Kier alpha value is -3.18. The molecule has 2 aromatic rings. The molecule has 0 radical (unpaired) electrons. The Kier molecular flexibility index (Phi) is 15.4. The number of hydrogen-bond donors (Lipinski definition) is 0. The fourth-order valence-electron chi connectivity index (χ4n) is 2.22. The Balaban J connectivity index is -0.000000500. The van der Waals surface area contributed by atoms with Gasteiger partial charge < -0.3 is 59.4 Å². The van der Waals surface area contributed by atoms with Crippen molar-refractivity contribution in [2.75, 3.05) is 0 Å². The molecule has 12 nitrogen and oxygen atoms in total. The van der Waals surface area contributed by atoms with Crippen LogP contribution < -0.4 is 30.6 Å². The first-order valence-electron chi connectivity index (χ1n) is 7.44. The number of benzene rings is 2. The Morgan fingerprint density at radius 2 is 0.576 bits per heavy atom. The van der Waals surface area contributed by atoms with Crippen molar-refractivity contribution >= 4 is 35.8 Å². The molecular weight excluding hydrogens is 576 g/mol. The molecule has 2 aromatic carbocycles. The van der Waals surface area contributed by atoms with E-state index in [9.17, 15) is 59.4 Å². The first kappa shape index (κ1) is 34.4. The van der Waals surface area contributed by atoms with Crippen LogP contribution in [0.4, 0.5) is 0 Å². The average Bonchev–Trinajstić information content (AvgIpc) is 2.66. The maximum atomic E-state index is 10.6. The Labute approximate surface area is 215 Å². The third-order valence-electron chi connectivity index (χ3n) is 3.42. The zero-order valence-electron chi connectivity index (χ0n) is 15.4. The quantitative estimate of drug-likeness (QED) is 0.289. The molecule has 15 heteroatoms.